The molecule has 0 aromatic carbocycles. The van der Waals surface area contributed by atoms with Crippen LogP contribution >= 0.6 is 0 Å². The van der Waals surface area contributed by atoms with Gasteiger partial charge in [-0.15, -0.1) is 0 Å². The fourth-order valence-electron chi connectivity index (χ4n) is 2.31. The van der Waals surface area contributed by atoms with Gasteiger partial charge in [0.1, 0.15) is 11.3 Å². The molecule has 106 valence electrons. The lowest BCUT2D eigenvalue weighted by atomic mass is 10.3. The third-order valence-electron chi connectivity index (χ3n) is 3.61. The molecule has 0 radical (unpaired) electrons. The van der Waals surface area contributed by atoms with Crippen LogP contribution < -0.4 is 5.43 Å². The zero-order valence-corrected chi connectivity index (χ0v) is 11.8. The fourth-order valence-corrected chi connectivity index (χ4v) is 2.31. The van der Waals surface area contributed by atoms with Crippen molar-refractivity contribution in [2.24, 2.45) is 0 Å². The number of amides is 1. The highest BCUT2D eigenvalue weighted by Crippen LogP contribution is 2.08. The quantitative estimate of drug-likeness (QED) is 0.867. The van der Waals surface area contributed by atoms with E-state index < -0.39 is 0 Å². The summed E-state index contributed by atoms with van der Waals surface area (Å²) in [4.78, 5) is 18.8. The van der Waals surface area contributed by atoms with Crippen molar-refractivity contribution in [3.63, 3.8) is 0 Å². The second kappa shape index (κ2) is 5.22. The third-order valence-corrected chi connectivity index (χ3v) is 3.61. The number of hydrazine groups is 1. The number of aryl methyl sites for hydroxylation is 1. The van der Waals surface area contributed by atoms with Crippen molar-refractivity contribution >= 4 is 11.6 Å². The zero-order chi connectivity index (χ0) is 14.1. The van der Waals surface area contributed by atoms with Gasteiger partial charge >= 0.3 is 0 Å². The van der Waals surface area contributed by atoms with E-state index in [0.29, 0.717) is 5.69 Å². The predicted molar refractivity (Wildman–Crippen MR) is 76.5 cm³/mol. The average Bonchev–Trinajstić information content (AvgIpc) is 2.84. The van der Waals surface area contributed by atoms with Gasteiger partial charge in [-0.05, 0) is 31.7 Å². The van der Waals surface area contributed by atoms with Gasteiger partial charge in [-0.3, -0.25) is 10.2 Å². The molecule has 0 saturated carbocycles. The molecule has 0 aliphatic carbocycles. The van der Waals surface area contributed by atoms with E-state index in [0.717, 1.165) is 37.4 Å². The largest absolute Gasteiger partial charge is 0.306 e. The number of imidazole rings is 1. The molecule has 3 rings (SSSR count). The molecule has 1 amide bonds. The maximum atomic E-state index is 12.2. The van der Waals surface area contributed by atoms with Gasteiger partial charge in [-0.2, -0.15) is 0 Å². The lowest BCUT2D eigenvalue weighted by Gasteiger charge is -2.32. The molecule has 0 unspecified atom stereocenters. The number of piperazine rings is 1. The first kappa shape index (κ1) is 13.1. The summed E-state index contributed by atoms with van der Waals surface area (Å²) >= 11 is 0. The molecule has 1 N–H and O–H groups in total. The molecule has 20 heavy (non-hydrogen) atoms. The number of fused-ring (bicyclic) bond motifs is 1. The number of carbonyl (C=O) groups is 1. The first-order chi connectivity index (χ1) is 9.61. The first-order valence-corrected chi connectivity index (χ1v) is 6.82. The van der Waals surface area contributed by atoms with Crippen molar-refractivity contribution in [1.29, 1.82) is 0 Å². The van der Waals surface area contributed by atoms with E-state index in [4.69, 9.17) is 0 Å². The third kappa shape index (κ3) is 2.66. The number of likely N-dealkylation sites (N-methyl/N-ethyl adjacent to an activating group) is 1. The summed E-state index contributed by atoms with van der Waals surface area (Å²) < 4.78 is 1.87. The Kier molecular flexibility index (Phi) is 3.42. The first-order valence-electron chi connectivity index (χ1n) is 6.82. The number of aromatic nitrogens is 2. The van der Waals surface area contributed by atoms with E-state index >= 15 is 0 Å². The zero-order valence-electron chi connectivity index (χ0n) is 11.8. The van der Waals surface area contributed by atoms with E-state index in [2.05, 4.69) is 22.4 Å². The van der Waals surface area contributed by atoms with Gasteiger partial charge in [0.25, 0.3) is 5.91 Å². The molecule has 0 spiro atoms. The van der Waals surface area contributed by atoms with Crippen LogP contribution in [-0.2, 0) is 0 Å². The Balaban J connectivity index is 1.72. The number of nitrogens with zero attached hydrogens (tertiary/aromatic N) is 4. The van der Waals surface area contributed by atoms with Crippen LogP contribution in [0.25, 0.3) is 5.65 Å². The maximum absolute atomic E-state index is 12.2. The maximum Gasteiger partial charge on any atom is 0.285 e. The molecule has 1 saturated heterocycles. The van der Waals surface area contributed by atoms with E-state index in [1.807, 2.05) is 34.7 Å². The number of nitrogens with one attached hydrogen (secondary N) is 1. The number of carbonyl (C=O) groups excluding carboxylic acids is 1. The Labute approximate surface area is 118 Å². The second-order valence-electron chi connectivity index (χ2n) is 5.33. The van der Waals surface area contributed by atoms with Crippen LogP contribution in [0.15, 0.2) is 24.5 Å². The molecular formula is C14H19N5O. The van der Waals surface area contributed by atoms with Crippen LogP contribution in [0.2, 0.25) is 0 Å². The Bertz CT molecular complexity index is 628. The van der Waals surface area contributed by atoms with Crippen LogP contribution in [0.4, 0.5) is 0 Å². The summed E-state index contributed by atoms with van der Waals surface area (Å²) in [6.07, 6.45) is 3.68. The van der Waals surface area contributed by atoms with Crippen molar-refractivity contribution in [3.8, 4) is 0 Å². The van der Waals surface area contributed by atoms with Gasteiger partial charge in [0, 0.05) is 38.6 Å². The minimum atomic E-state index is -0.143. The van der Waals surface area contributed by atoms with Crippen molar-refractivity contribution in [2.75, 3.05) is 33.2 Å². The lowest BCUT2D eigenvalue weighted by Crippen LogP contribution is -2.52. The van der Waals surface area contributed by atoms with Crippen LogP contribution in [0.3, 0.4) is 0 Å². The number of hydrogen-bond acceptors (Lipinski definition) is 4. The lowest BCUT2D eigenvalue weighted by molar-refractivity contribution is 0.0658. The van der Waals surface area contributed by atoms with Crippen LogP contribution in [0, 0.1) is 6.92 Å². The summed E-state index contributed by atoms with van der Waals surface area (Å²) in [5, 5.41) is 1.96. The van der Waals surface area contributed by atoms with Gasteiger partial charge in [-0.1, -0.05) is 0 Å². The molecule has 2 aromatic rings. The van der Waals surface area contributed by atoms with Crippen molar-refractivity contribution in [3.05, 3.63) is 35.8 Å². The Morgan fingerprint density at radius 3 is 2.80 bits per heavy atom. The number of hydrogen-bond donors (Lipinski definition) is 1. The average molecular weight is 273 g/mol. The van der Waals surface area contributed by atoms with E-state index in [1.165, 1.54) is 0 Å². The topological polar surface area (TPSA) is 52.9 Å². The van der Waals surface area contributed by atoms with Gasteiger partial charge in [0.2, 0.25) is 0 Å². The smallest absolute Gasteiger partial charge is 0.285 e. The highest BCUT2D eigenvalue weighted by atomic mass is 16.2. The highest BCUT2D eigenvalue weighted by molar-refractivity contribution is 5.92. The monoisotopic (exact) mass is 273 g/mol. The molecule has 0 atom stereocenters. The SMILES string of the molecule is Cc1ccn2cc(C(=O)NN3CCN(C)CC3)nc2c1. The summed E-state index contributed by atoms with van der Waals surface area (Å²) in [7, 11) is 2.09. The van der Waals surface area contributed by atoms with E-state index in [1.54, 1.807) is 6.20 Å². The number of pyridine rings is 1. The minimum Gasteiger partial charge on any atom is -0.306 e. The number of rotatable bonds is 2. The molecule has 3 heterocycles. The standard InChI is InChI=1S/C14H19N5O/c1-11-3-4-18-10-12(15-13(18)9-11)14(20)16-19-7-5-17(2)6-8-19/h3-4,9-10H,5-8H2,1-2H3,(H,16,20). The second-order valence-corrected chi connectivity index (χ2v) is 5.33. The normalized spacial score (nSPS) is 17.5. The molecule has 6 heteroatoms. The van der Waals surface area contributed by atoms with E-state index in [-0.39, 0.29) is 5.91 Å². The highest BCUT2D eigenvalue weighted by Gasteiger charge is 2.18. The van der Waals surface area contributed by atoms with Crippen molar-refractivity contribution in [1.82, 2.24) is 24.7 Å². The molecular weight excluding hydrogens is 254 g/mol. The minimum absolute atomic E-state index is 0.143. The van der Waals surface area contributed by atoms with Crippen molar-refractivity contribution < 1.29 is 4.79 Å². The molecule has 1 aliphatic rings. The molecule has 2 aromatic heterocycles. The molecule has 1 fully saturated rings. The Morgan fingerprint density at radius 1 is 1.30 bits per heavy atom. The predicted octanol–water partition coefficient (Wildman–Crippen LogP) is 0.535. The Morgan fingerprint density at radius 2 is 2.05 bits per heavy atom. The summed E-state index contributed by atoms with van der Waals surface area (Å²) in [5.41, 5.74) is 5.31. The molecule has 0 bridgehead atoms. The fraction of sp³-hybridized carbons (Fsp3) is 0.429. The summed E-state index contributed by atoms with van der Waals surface area (Å²) in [6, 6.07) is 3.96. The van der Waals surface area contributed by atoms with Gasteiger partial charge < -0.3 is 9.30 Å². The molecule has 6 nitrogen and oxygen atoms in total. The van der Waals surface area contributed by atoms with Gasteiger partial charge in [0.05, 0.1) is 0 Å². The van der Waals surface area contributed by atoms with Crippen molar-refractivity contribution in [2.45, 2.75) is 6.92 Å². The molecule has 1 aliphatic heterocycles. The van der Waals surface area contributed by atoms with E-state index in [9.17, 15) is 4.79 Å². The summed E-state index contributed by atoms with van der Waals surface area (Å²) in [5.74, 6) is -0.143. The summed E-state index contributed by atoms with van der Waals surface area (Å²) in [6.45, 7) is 5.62. The van der Waals surface area contributed by atoms with Gasteiger partial charge in [-0.25, -0.2) is 9.99 Å². The van der Waals surface area contributed by atoms with Crippen LogP contribution in [-0.4, -0.2) is 58.4 Å². The Hall–Kier alpha value is -1.92. The van der Waals surface area contributed by atoms with Crippen LogP contribution in [0.5, 0.6) is 0 Å². The van der Waals surface area contributed by atoms with Crippen LogP contribution in [0.1, 0.15) is 16.1 Å². The van der Waals surface area contributed by atoms with Gasteiger partial charge in [0.15, 0.2) is 0 Å².